The maximum atomic E-state index is 11.6. The van der Waals surface area contributed by atoms with E-state index in [0.717, 1.165) is 32.3 Å². The molecule has 2 amide bonds. The number of thiophene rings is 2. The van der Waals surface area contributed by atoms with Crippen LogP contribution in [0.4, 0.5) is 11.4 Å². The molecule has 0 unspecified atom stereocenters. The van der Waals surface area contributed by atoms with Crippen LogP contribution in [0.25, 0.3) is 20.9 Å². The number of carbonyl (C=O) groups excluding carboxylic acids is 2. The minimum atomic E-state index is -0.128. The summed E-state index contributed by atoms with van der Waals surface area (Å²) in [6, 6.07) is 11.8. The van der Waals surface area contributed by atoms with E-state index in [4.69, 9.17) is 0 Å². The second-order valence-electron chi connectivity index (χ2n) is 5.26. The lowest BCUT2D eigenvalue weighted by Gasteiger charge is -2.16. The summed E-state index contributed by atoms with van der Waals surface area (Å²) >= 11 is 3.17. The first-order valence-electron chi connectivity index (χ1n) is 7.35. The highest BCUT2D eigenvalue weighted by Crippen LogP contribution is 2.41. The van der Waals surface area contributed by atoms with E-state index in [-0.39, 0.29) is 11.8 Å². The normalized spacial score (nSPS) is 10.4. The maximum Gasteiger partial charge on any atom is 0.221 e. The van der Waals surface area contributed by atoms with Crippen LogP contribution in [0.5, 0.6) is 0 Å². The summed E-state index contributed by atoms with van der Waals surface area (Å²) in [5, 5.41) is 9.78. The summed E-state index contributed by atoms with van der Waals surface area (Å²) in [6.45, 7) is 2.98. The van der Waals surface area contributed by atoms with Crippen molar-refractivity contribution in [1.82, 2.24) is 0 Å². The first-order valence-corrected chi connectivity index (χ1v) is 9.11. The number of hydrogen-bond acceptors (Lipinski definition) is 4. The Balaban J connectivity index is 2.21. The number of nitrogens with one attached hydrogen (secondary N) is 2. The van der Waals surface area contributed by atoms with Crippen LogP contribution in [-0.4, -0.2) is 11.8 Å². The number of hydrogen-bond donors (Lipinski definition) is 2. The standard InChI is InChI=1S/C18H16N2O2S2/c1-11(21)19-15-9-14(18-6-4-8-24-18)16(20-12(2)22)10-13(15)17-5-3-7-23-17/h3-10H,1-2H3,(H,19,21)(H,20,22). The molecule has 1 aromatic carbocycles. The molecule has 2 N–H and O–H groups in total. The lowest BCUT2D eigenvalue weighted by molar-refractivity contribution is -0.115. The second-order valence-corrected chi connectivity index (χ2v) is 7.16. The fraction of sp³-hybridized carbons (Fsp3) is 0.111. The molecule has 0 saturated carbocycles. The molecule has 0 atom stereocenters. The van der Waals surface area contributed by atoms with Gasteiger partial charge in [0.05, 0.1) is 11.4 Å². The third kappa shape index (κ3) is 3.55. The summed E-state index contributed by atoms with van der Waals surface area (Å²) in [5.74, 6) is -0.255. The Labute approximate surface area is 148 Å². The van der Waals surface area contributed by atoms with Crippen LogP contribution in [0.15, 0.2) is 47.2 Å². The molecule has 4 nitrogen and oxygen atoms in total. The van der Waals surface area contributed by atoms with Crippen LogP contribution in [0, 0.1) is 0 Å². The van der Waals surface area contributed by atoms with E-state index < -0.39 is 0 Å². The molecule has 0 aliphatic rings. The predicted molar refractivity (Wildman–Crippen MR) is 102 cm³/mol. The van der Waals surface area contributed by atoms with E-state index in [1.54, 1.807) is 22.7 Å². The molecule has 122 valence electrons. The fourth-order valence-corrected chi connectivity index (χ4v) is 3.97. The van der Waals surface area contributed by atoms with Gasteiger partial charge < -0.3 is 10.6 Å². The van der Waals surface area contributed by atoms with Crippen LogP contribution < -0.4 is 10.6 Å². The minimum Gasteiger partial charge on any atom is -0.326 e. The molecule has 2 aromatic heterocycles. The van der Waals surface area contributed by atoms with E-state index in [2.05, 4.69) is 10.6 Å². The quantitative estimate of drug-likeness (QED) is 0.686. The molecule has 3 rings (SSSR count). The van der Waals surface area contributed by atoms with Gasteiger partial charge in [-0.1, -0.05) is 12.1 Å². The van der Waals surface area contributed by atoms with Gasteiger partial charge in [0, 0.05) is 34.7 Å². The summed E-state index contributed by atoms with van der Waals surface area (Å²) in [4.78, 5) is 25.3. The van der Waals surface area contributed by atoms with Gasteiger partial charge in [-0.15, -0.1) is 22.7 Å². The van der Waals surface area contributed by atoms with E-state index >= 15 is 0 Å². The number of anilines is 2. The van der Waals surface area contributed by atoms with Crippen molar-refractivity contribution in [3.63, 3.8) is 0 Å². The molecule has 0 fully saturated rings. The number of rotatable bonds is 4. The van der Waals surface area contributed by atoms with Crippen molar-refractivity contribution < 1.29 is 9.59 Å². The predicted octanol–water partition coefficient (Wildman–Crippen LogP) is 5.06. The second kappa shape index (κ2) is 6.98. The van der Waals surface area contributed by atoms with Crippen molar-refractivity contribution >= 4 is 45.9 Å². The van der Waals surface area contributed by atoms with Gasteiger partial charge in [0.15, 0.2) is 0 Å². The van der Waals surface area contributed by atoms with Gasteiger partial charge in [0.25, 0.3) is 0 Å². The minimum absolute atomic E-state index is 0.128. The Morgan fingerprint density at radius 3 is 1.50 bits per heavy atom. The van der Waals surface area contributed by atoms with Gasteiger partial charge >= 0.3 is 0 Å². The average molecular weight is 356 g/mol. The third-order valence-corrected chi connectivity index (χ3v) is 5.16. The Morgan fingerprint density at radius 2 is 1.21 bits per heavy atom. The van der Waals surface area contributed by atoms with E-state index in [1.165, 1.54) is 13.8 Å². The van der Waals surface area contributed by atoms with Crippen molar-refractivity contribution in [1.29, 1.82) is 0 Å². The number of carbonyl (C=O) groups is 2. The zero-order chi connectivity index (χ0) is 17.1. The first kappa shape index (κ1) is 16.4. The number of benzene rings is 1. The van der Waals surface area contributed by atoms with Crippen molar-refractivity contribution in [2.24, 2.45) is 0 Å². The lowest BCUT2D eigenvalue weighted by Crippen LogP contribution is -2.10. The van der Waals surface area contributed by atoms with Crippen molar-refractivity contribution in [3.8, 4) is 20.9 Å². The third-order valence-electron chi connectivity index (χ3n) is 3.35. The fourth-order valence-electron chi connectivity index (χ4n) is 2.46. The molecule has 6 heteroatoms. The number of amides is 2. The molecule has 0 aliphatic carbocycles. The van der Waals surface area contributed by atoms with Crippen LogP contribution >= 0.6 is 22.7 Å². The van der Waals surface area contributed by atoms with Crippen molar-refractivity contribution in [2.45, 2.75) is 13.8 Å². The molecule has 0 radical (unpaired) electrons. The van der Waals surface area contributed by atoms with Crippen LogP contribution in [-0.2, 0) is 9.59 Å². The molecule has 0 aliphatic heterocycles. The average Bonchev–Trinajstić information content (AvgIpc) is 3.20. The van der Waals surface area contributed by atoms with Gasteiger partial charge in [0.1, 0.15) is 0 Å². The topological polar surface area (TPSA) is 58.2 Å². The van der Waals surface area contributed by atoms with E-state index in [0.29, 0.717) is 0 Å². The smallest absolute Gasteiger partial charge is 0.221 e. The highest BCUT2D eigenvalue weighted by Gasteiger charge is 2.16. The van der Waals surface area contributed by atoms with E-state index in [1.807, 2.05) is 47.2 Å². The summed E-state index contributed by atoms with van der Waals surface area (Å²) in [7, 11) is 0. The zero-order valence-electron chi connectivity index (χ0n) is 13.3. The monoisotopic (exact) mass is 356 g/mol. The van der Waals surface area contributed by atoms with Crippen molar-refractivity contribution in [3.05, 3.63) is 47.2 Å². The Bertz CT molecular complexity index is 795. The van der Waals surface area contributed by atoms with Crippen LogP contribution in [0.1, 0.15) is 13.8 Å². The van der Waals surface area contributed by atoms with Crippen molar-refractivity contribution in [2.75, 3.05) is 10.6 Å². The molecule has 3 aromatic rings. The highest BCUT2D eigenvalue weighted by atomic mass is 32.1. The van der Waals surface area contributed by atoms with Gasteiger partial charge in [-0.3, -0.25) is 9.59 Å². The van der Waals surface area contributed by atoms with Gasteiger partial charge in [-0.25, -0.2) is 0 Å². The first-order chi connectivity index (χ1) is 11.5. The summed E-state index contributed by atoms with van der Waals surface area (Å²) < 4.78 is 0. The highest BCUT2D eigenvalue weighted by molar-refractivity contribution is 7.14. The zero-order valence-corrected chi connectivity index (χ0v) is 14.9. The molecule has 0 saturated heterocycles. The van der Waals surface area contributed by atoms with Crippen LogP contribution in [0.3, 0.4) is 0 Å². The lowest BCUT2D eigenvalue weighted by atomic mass is 10.0. The molecular formula is C18H16N2O2S2. The van der Waals surface area contributed by atoms with Gasteiger partial charge in [-0.05, 0) is 35.0 Å². The van der Waals surface area contributed by atoms with Crippen LogP contribution in [0.2, 0.25) is 0 Å². The Morgan fingerprint density at radius 1 is 0.792 bits per heavy atom. The SMILES string of the molecule is CC(=O)Nc1cc(-c2cccs2)c(NC(C)=O)cc1-c1cccs1. The Kier molecular flexibility index (Phi) is 4.78. The molecule has 0 spiro atoms. The summed E-state index contributed by atoms with van der Waals surface area (Å²) in [6.07, 6.45) is 0. The largest absolute Gasteiger partial charge is 0.326 e. The summed E-state index contributed by atoms with van der Waals surface area (Å²) in [5.41, 5.74) is 3.26. The molecule has 0 bridgehead atoms. The van der Waals surface area contributed by atoms with Gasteiger partial charge in [0.2, 0.25) is 11.8 Å². The van der Waals surface area contributed by atoms with E-state index in [9.17, 15) is 9.59 Å². The Hall–Kier alpha value is -2.44. The molecular weight excluding hydrogens is 340 g/mol. The molecule has 24 heavy (non-hydrogen) atoms. The molecule has 2 heterocycles. The van der Waals surface area contributed by atoms with Gasteiger partial charge in [-0.2, -0.15) is 0 Å². The maximum absolute atomic E-state index is 11.6.